The molecule has 0 saturated carbocycles. The van der Waals surface area contributed by atoms with Gasteiger partial charge in [-0.2, -0.15) is 0 Å². The van der Waals surface area contributed by atoms with Crippen molar-refractivity contribution < 1.29 is 9.53 Å². The van der Waals surface area contributed by atoms with Crippen molar-refractivity contribution in [3.05, 3.63) is 39.8 Å². The van der Waals surface area contributed by atoms with Gasteiger partial charge in [0.2, 0.25) is 0 Å². The quantitative estimate of drug-likeness (QED) is 0.268. The van der Waals surface area contributed by atoms with Crippen LogP contribution < -0.4 is 20.3 Å². The van der Waals surface area contributed by atoms with Crippen molar-refractivity contribution in [2.45, 2.75) is 26.8 Å². The Kier molecular flexibility index (Phi) is 8.49. The molecule has 1 aliphatic rings. The maximum absolute atomic E-state index is 12.2. The van der Waals surface area contributed by atoms with Crippen LogP contribution in [-0.4, -0.2) is 43.6 Å². The molecule has 2 aromatic rings. The molecule has 0 fully saturated rings. The first kappa shape index (κ1) is 22.4. The van der Waals surface area contributed by atoms with E-state index in [1.165, 1.54) is 4.88 Å². The van der Waals surface area contributed by atoms with Gasteiger partial charge in [-0.15, -0.1) is 35.3 Å². The zero-order chi connectivity index (χ0) is 19.2. The van der Waals surface area contributed by atoms with Crippen molar-refractivity contribution in [3.8, 4) is 5.75 Å². The fraction of sp³-hybridized carbons (Fsp3) is 0.421. The van der Waals surface area contributed by atoms with Crippen molar-refractivity contribution in [2.75, 3.05) is 31.6 Å². The minimum atomic E-state index is -0.00718. The van der Waals surface area contributed by atoms with E-state index in [9.17, 15) is 4.79 Å². The number of anilines is 1. The number of nitrogens with zero attached hydrogens (tertiary/aromatic N) is 3. The number of rotatable bonds is 6. The molecular weight excluding hydrogens is 489 g/mol. The van der Waals surface area contributed by atoms with Gasteiger partial charge in [0.1, 0.15) is 5.75 Å². The number of nitrogens with one attached hydrogen (secondary N) is 2. The van der Waals surface area contributed by atoms with Crippen LogP contribution in [0, 0.1) is 13.8 Å². The van der Waals surface area contributed by atoms with Crippen molar-refractivity contribution in [2.24, 2.45) is 4.99 Å². The molecule has 0 radical (unpaired) electrons. The number of halogens is 1. The second-order valence-electron chi connectivity index (χ2n) is 6.25. The van der Waals surface area contributed by atoms with Gasteiger partial charge in [0.25, 0.3) is 5.91 Å². The van der Waals surface area contributed by atoms with Crippen LogP contribution in [0.1, 0.15) is 22.0 Å². The number of ether oxygens (including phenoxy) is 1. The summed E-state index contributed by atoms with van der Waals surface area (Å²) in [6.45, 7) is 6.18. The van der Waals surface area contributed by atoms with Gasteiger partial charge in [0, 0.05) is 25.0 Å². The minimum Gasteiger partial charge on any atom is -0.482 e. The van der Waals surface area contributed by atoms with Gasteiger partial charge >= 0.3 is 0 Å². The number of amides is 1. The van der Waals surface area contributed by atoms with Gasteiger partial charge in [-0.05, 0) is 32.4 Å². The topological polar surface area (TPSA) is 78.9 Å². The largest absolute Gasteiger partial charge is 0.482 e. The summed E-state index contributed by atoms with van der Waals surface area (Å²) >= 11 is 1.70. The van der Waals surface area contributed by atoms with Crippen molar-refractivity contribution in [3.63, 3.8) is 0 Å². The smallest absolute Gasteiger partial charge is 0.265 e. The number of guanidine groups is 1. The highest BCUT2D eigenvalue weighted by atomic mass is 127. The second-order valence-corrected chi connectivity index (χ2v) is 7.54. The molecule has 0 unspecified atom stereocenters. The van der Waals surface area contributed by atoms with E-state index in [1.807, 2.05) is 38.1 Å². The van der Waals surface area contributed by atoms with Crippen molar-refractivity contribution >= 4 is 52.9 Å². The molecule has 28 heavy (non-hydrogen) atoms. The number of fused-ring (bicyclic) bond motifs is 1. The van der Waals surface area contributed by atoms with E-state index in [2.05, 4.69) is 20.6 Å². The van der Waals surface area contributed by atoms with Crippen LogP contribution in [0.3, 0.4) is 0 Å². The molecule has 0 spiro atoms. The predicted molar refractivity (Wildman–Crippen MR) is 124 cm³/mol. The highest BCUT2D eigenvalue weighted by molar-refractivity contribution is 14.0. The Morgan fingerprint density at radius 1 is 1.32 bits per heavy atom. The maximum atomic E-state index is 12.2. The average Bonchev–Trinajstić information content (AvgIpc) is 2.99. The Morgan fingerprint density at radius 2 is 2.11 bits per heavy atom. The SMILES string of the molecule is CN=C(NCCCN1C(=O)COc2ccccc21)NCc1sc(C)nc1C.I. The third kappa shape index (κ3) is 5.57. The van der Waals surface area contributed by atoms with Gasteiger partial charge in [0.05, 0.1) is 22.9 Å². The molecule has 1 aromatic heterocycles. The molecule has 1 amide bonds. The highest BCUT2D eigenvalue weighted by Crippen LogP contribution is 2.31. The lowest BCUT2D eigenvalue weighted by Crippen LogP contribution is -2.41. The number of carbonyl (C=O) groups excluding carboxylic acids is 1. The Hall–Kier alpha value is -1.88. The molecule has 2 heterocycles. The number of thiazole rings is 1. The summed E-state index contributed by atoms with van der Waals surface area (Å²) in [7, 11) is 1.75. The van der Waals surface area contributed by atoms with E-state index >= 15 is 0 Å². The standard InChI is InChI=1S/C19H25N5O2S.HI/c1-13-17(27-14(2)23-13)11-22-19(20-3)21-9-6-10-24-15-7-4-5-8-16(15)26-12-18(24)25;/h4-5,7-8H,6,9-12H2,1-3H3,(H2,20,21,22);1H. The van der Waals surface area contributed by atoms with Gasteiger partial charge in [-0.1, -0.05) is 12.1 Å². The van der Waals surface area contributed by atoms with Gasteiger partial charge in [-0.3, -0.25) is 9.79 Å². The molecule has 1 aromatic carbocycles. The maximum Gasteiger partial charge on any atom is 0.265 e. The second kappa shape index (κ2) is 10.6. The monoisotopic (exact) mass is 515 g/mol. The summed E-state index contributed by atoms with van der Waals surface area (Å²) in [5, 5.41) is 7.68. The van der Waals surface area contributed by atoms with E-state index in [4.69, 9.17) is 4.74 Å². The molecule has 152 valence electrons. The molecule has 0 saturated heterocycles. The van der Waals surface area contributed by atoms with Crippen LogP contribution in [0.5, 0.6) is 5.75 Å². The Balaban J connectivity index is 0.00000280. The summed E-state index contributed by atoms with van der Waals surface area (Å²) in [5.41, 5.74) is 1.90. The number of hydrogen-bond acceptors (Lipinski definition) is 5. The first-order chi connectivity index (χ1) is 13.1. The van der Waals surface area contributed by atoms with E-state index in [0.717, 1.165) is 34.5 Å². The molecule has 0 atom stereocenters. The van der Waals surface area contributed by atoms with Crippen molar-refractivity contribution in [1.29, 1.82) is 0 Å². The molecular formula is C19H26IN5O2S. The lowest BCUT2D eigenvalue weighted by Gasteiger charge is -2.29. The molecule has 2 N–H and O–H groups in total. The summed E-state index contributed by atoms with van der Waals surface area (Å²) in [6.07, 6.45) is 0.805. The first-order valence-corrected chi connectivity index (χ1v) is 9.79. The van der Waals surface area contributed by atoms with Gasteiger partial charge < -0.3 is 20.3 Å². The fourth-order valence-electron chi connectivity index (χ4n) is 2.97. The van der Waals surface area contributed by atoms with Crippen LogP contribution in [0.15, 0.2) is 29.3 Å². The fourth-order valence-corrected chi connectivity index (χ4v) is 3.84. The van der Waals surface area contributed by atoms with Gasteiger partial charge in [-0.25, -0.2) is 4.98 Å². The van der Waals surface area contributed by atoms with Gasteiger partial charge in [0.15, 0.2) is 12.6 Å². The normalized spacial score (nSPS) is 13.5. The van der Waals surface area contributed by atoms with Crippen LogP contribution in [-0.2, 0) is 11.3 Å². The van der Waals surface area contributed by atoms with Crippen molar-refractivity contribution in [1.82, 2.24) is 15.6 Å². The Bertz CT molecular complexity index is 839. The average molecular weight is 515 g/mol. The van der Waals surface area contributed by atoms with Crippen LogP contribution in [0.25, 0.3) is 0 Å². The summed E-state index contributed by atoms with van der Waals surface area (Å²) < 4.78 is 5.47. The Labute approximate surface area is 186 Å². The van der Waals surface area contributed by atoms with Crippen LogP contribution >= 0.6 is 35.3 Å². The lowest BCUT2D eigenvalue weighted by atomic mass is 10.2. The molecule has 1 aliphatic heterocycles. The van der Waals surface area contributed by atoms with E-state index in [-0.39, 0.29) is 36.5 Å². The molecule has 9 heteroatoms. The summed E-state index contributed by atoms with van der Waals surface area (Å²) in [5.74, 6) is 1.50. The first-order valence-electron chi connectivity index (χ1n) is 8.98. The molecule has 3 rings (SSSR count). The molecule has 0 aliphatic carbocycles. The van der Waals surface area contributed by atoms with E-state index in [1.54, 1.807) is 23.3 Å². The number of aliphatic imine (C=N–C) groups is 1. The number of para-hydroxylation sites is 2. The molecule has 0 bridgehead atoms. The zero-order valence-electron chi connectivity index (χ0n) is 16.3. The predicted octanol–water partition coefficient (Wildman–Crippen LogP) is 2.86. The summed E-state index contributed by atoms with van der Waals surface area (Å²) in [4.78, 5) is 23.9. The molecule has 7 nitrogen and oxygen atoms in total. The summed E-state index contributed by atoms with van der Waals surface area (Å²) in [6, 6.07) is 7.64. The van der Waals surface area contributed by atoms with E-state index in [0.29, 0.717) is 19.6 Å². The minimum absolute atomic E-state index is 0. The van der Waals surface area contributed by atoms with Crippen LogP contribution in [0.2, 0.25) is 0 Å². The highest BCUT2D eigenvalue weighted by Gasteiger charge is 2.24. The van der Waals surface area contributed by atoms with Crippen LogP contribution in [0.4, 0.5) is 5.69 Å². The number of aryl methyl sites for hydroxylation is 2. The third-order valence-electron chi connectivity index (χ3n) is 4.30. The number of benzene rings is 1. The third-order valence-corrected chi connectivity index (χ3v) is 5.37. The number of carbonyl (C=O) groups is 1. The zero-order valence-corrected chi connectivity index (χ0v) is 19.5. The Morgan fingerprint density at radius 3 is 2.82 bits per heavy atom. The lowest BCUT2D eigenvalue weighted by molar-refractivity contribution is -0.121. The van der Waals surface area contributed by atoms with E-state index < -0.39 is 0 Å². The number of hydrogen-bond donors (Lipinski definition) is 2. The number of aromatic nitrogens is 1.